The second kappa shape index (κ2) is 6.01. The van der Waals surface area contributed by atoms with E-state index in [4.69, 9.17) is 0 Å². The summed E-state index contributed by atoms with van der Waals surface area (Å²) < 4.78 is 0. The lowest BCUT2D eigenvalue weighted by molar-refractivity contribution is 0.0950. The number of amides is 1. The zero-order chi connectivity index (χ0) is 13.0. The van der Waals surface area contributed by atoms with Crippen molar-refractivity contribution in [1.29, 1.82) is 0 Å². The van der Waals surface area contributed by atoms with Crippen molar-refractivity contribution >= 4 is 5.91 Å². The van der Waals surface area contributed by atoms with Gasteiger partial charge in [-0.2, -0.15) is 0 Å². The van der Waals surface area contributed by atoms with Crippen molar-refractivity contribution in [3.63, 3.8) is 0 Å². The first-order chi connectivity index (χ1) is 8.66. The zero-order valence-corrected chi connectivity index (χ0v) is 11.2. The van der Waals surface area contributed by atoms with Crippen LogP contribution in [0.4, 0.5) is 0 Å². The van der Waals surface area contributed by atoms with Gasteiger partial charge in [0.2, 0.25) is 0 Å². The number of carbonyl (C=O) groups is 1. The molecule has 1 aromatic carbocycles. The molecular weight excluding hydrogens is 224 g/mol. The van der Waals surface area contributed by atoms with Crippen molar-refractivity contribution in [3.05, 3.63) is 35.4 Å². The van der Waals surface area contributed by atoms with Gasteiger partial charge in [0.05, 0.1) is 0 Å². The Balaban J connectivity index is 1.87. The summed E-state index contributed by atoms with van der Waals surface area (Å²) in [7, 11) is 0. The molecule has 1 unspecified atom stereocenters. The average molecular weight is 246 g/mol. The molecule has 2 rings (SSSR count). The van der Waals surface area contributed by atoms with Gasteiger partial charge in [0, 0.05) is 18.2 Å². The molecule has 0 aliphatic carbocycles. The second-order valence-electron chi connectivity index (χ2n) is 5.28. The third-order valence-electron chi connectivity index (χ3n) is 3.51. The van der Waals surface area contributed by atoms with Crippen LogP contribution in [0, 0.1) is 0 Å². The topological polar surface area (TPSA) is 41.1 Å². The Morgan fingerprint density at radius 1 is 1.39 bits per heavy atom. The maximum Gasteiger partial charge on any atom is 0.251 e. The second-order valence-corrected chi connectivity index (χ2v) is 5.28. The lowest BCUT2D eigenvalue weighted by Gasteiger charge is -2.12. The van der Waals surface area contributed by atoms with Crippen LogP contribution in [0.2, 0.25) is 0 Å². The molecule has 0 spiro atoms. The maximum absolute atomic E-state index is 11.9. The highest BCUT2D eigenvalue weighted by Crippen LogP contribution is 2.14. The van der Waals surface area contributed by atoms with Crippen LogP contribution in [-0.2, 0) is 0 Å². The van der Waals surface area contributed by atoms with Gasteiger partial charge in [-0.3, -0.25) is 4.79 Å². The van der Waals surface area contributed by atoms with E-state index in [-0.39, 0.29) is 5.91 Å². The SMILES string of the molecule is CC(C)c1ccc(C(=O)NCC2CCCN2)cc1. The summed E-state index contributed by atoms with van der Waals surface area (Å²) in [6.45, 7) is 6.11. The van der Waals surface area contributed by atoms with Crippen LogP contribution in [0.15, 0.2) is 24.3 Å². The molecule has 0 bridgehead atoms. The van der Waals surface area contributed by atoms with Gasteiger partial charge in [-0.05, 0) is 43.0 Å². The smallest absolute Gasteiger partial charge is 0.251 e. The highest BCUT2D eigenvalue weighted by atomic mass is 16.1. The molecule has 3 nitrogen and oxygen atoms in total. The summed E-state index contributed by atoms with van der Waals surface area (Å²) in [4.78, 5) is 11.9. The van der Waals surface area contributed by atoms with E-state index in [1.165, 1.54) is 12.0 Å². The van der Waals surface area contributed by atoms with Crippen molar-refractivity contribution in [2.75, 3.05) is 13.1 Å². The van der Waals surface area contributed by atoms with Crippen LogP contribution in [0.5, 0.6) is 0 Å². The summed E-state index contributed by atoms with van der Waals surface area (Å²) in [6, 6.07) is 8.34. The fraction of sp³-hybridized carbons (Fsp3) is 0.533. The average Bonchev–Trinajstić information content (AvgIpc) is 2.89. The number of carbonyl (C=O) groups excluding carboxylic acids is 1. The van der Waals surface area contributed by atoms with Crippen molar-refractivity contribution in [1.82, 2.24) is 10.6 Å². The van der Waals surface area contributed by atoms with E-state index < -0.39 is 0 Å². The normalized spacial score (nSPS) is 19.2. The molecule has 3 heteroatoms. The van der Waals surface area contributed by atoms with Crippen molar-refractivity contribution in [2.45, 2.75) is 38.6 Å². The molecule has 1 aliphatic rings. The molecule has 0 radical (unpaired) electrons. The summed E-state index contributed by atoms with van der Waals surface area (Å²) in [5, 5.41) is 6.36. The first kappa shape index (κ1) is 13.1. The van der Waals surface area contributed by atoms with Gasteiger partial charge < -0.3 is 10.6 Å². The van der Waals surface area contributed by atoms with Gasteiger partial charge in [0.1, 0.15) is 0 Å². The van der Waals surface area contributed by atoms with Crippen molar-refractivity contribution < 1.29 is 4.79 Å². The molecule has 98 valence electrons. The van der Waals surface area contributed by atoms with E-state index in [0.717, 1.165) is 25.1 Å². The van der Waals surface area contributed by atoms with Crippen LogP contribution in [0.1, 0.15) is 48.5 Å². The largest absolute Gasteiger partial charge is 0.350 e. The third kappa shape index (κ3) is 3.33. The van der Waals surface area contributed by atoms with E-state index in [0.29, 0.717) is 12.0 Å². The molecule has 1 aliphatic heterocycles. The van der Waals surface area contributed by atoms with E-state index in [1.807, 2.05) is 24.3 Å². The summed E-state index contributed by atoms with van der Waals surface area (Å²) in [5.41, 5.74) is 2.02. The fourth-order valence-electron chi connectivity index (χ4n) is 2.27. The number of benzene rings is 1. The zero-order valence-electron chi connectivity index (χ0n) is 11.2. The molecule has 1 atom stereocenters. The maximum atomic E-state index is 11.9. The third-order valence-corrected chi connectivity index (χ3v) is 3.51. The molecule has 0 saturated carbocycles. The number of nitrogens with one attached hydrogen (secondary N) is 2. The Labute approximate surface area is 109 Å². The first-order valence-electron chi connectivity index (χ1n) is 6.78. The Morgan fingerprint density at radius 3 is 2.67 bits per heavy atom. The van der Waals surface area contributed by atoms with Crippen LogP contribution in [-0.4, -0.2) is 25.0 Å². The fourth-order valence-corrected chi connectivity index (χ4v) is 2.27. The van der Waals surface area contributed by atoms with Gasteiger partial charge in [0.25, 0.3) is 5.91 Å². The summed E-state index contributed by atoms with van der Waals surface area (Å²) in [5.74, 6) is 0.531. The molecule has 2 N–H and O–H groups in total. The van der Waals surface area contributed by atoms with Gasteiger partial charge >= 0.3 is 0 Å². The molecule has 1 fully saturated rings. The Morgan fingerprint density at radius 2 is 2.11 bits per heavy atom. The van der Waals surface area contributed by atoms with E-state index in [2.05, 4.69) is 24.5 Å². The standard InChI is InChI=1S/C15H22N2O/c1-11(2)12-5-7-13(8-6-12)15(18)17-10-14-4-3-9-16-14/h5-8,11,14,16H,3-4,9-10H2,1-2H3,(H,17,18). The van der Waals surface area contributed by atoms with Crippen LogP contribution in [0.3, 0.4) is 0 Å². The van der Waals surface area contributed by atoms with E-state index in [1.54, 1.807) is 0 Å². The molecule has 1 heterocycles. The molecule has 1 aromatic rings. The van der Waals surface area contributed by atoms with Gasteiger partial charge in [-0.15, -0.1) is 0 Å². The molecular formula is C15H22N2O. The Kier molecular flexibility index (Phi) is 4.37. The van der Waals surface area contributed by atoms with E-state index in [9.17, 15) is 4.79 Å². The van der Waals surface area contributed by atoms with Crippen molar-refractivity contribution in [2.24, 2.45) is 0 Å². The van der Waals surface area contributed by atoms with Gasteiger partial charge in [-0.25, -0.2) is 0 Å². The minimum atomic E-state index is 0.0269. The Hall–Kier alpha value is -1.35. The number of hydrogen-bond donors (Lipinski definition) is 2. The Bertz CT molecular complexity index is 391. The van der Waals surface area contributed by atoms with Crippen LogP contribution >= 0.6 is 0 Å². The highest BCUT2D eigenvalue weighted by molar-refractivity contribution is 5.94. The monoisotopic (exact) mass is 246 g/mol. The molecule has 18 heavy (non-hydrogen) atoms. The first-order valence-corrected chi connectivity index (χ1v) is 6.78. The predicted molar refractivity (Wildman–Crippen MR) is 73.9 cm³/mol. The highest BCUT2D eigenvalue weighted by Gasteiger charge is 2.15. The minimum absolute atomic E-state index is 0.0269. The number of rotatable bonds is 4. The van der Waals surface area contributed by atoms with E-state index >= 15 is 0 Å². The summed E-state index contributed by atoms with van der Waals surface area (Å²) >= 11 is 0. The molecule has 1 amide bonds. The summed E-state index contributed by atoms with van der Waals surface area (Å²) in [6.07, 6.45) is 2.37. The van der Waals surface area contributed by atoms with Crippen molar-refractivity contribution in [3.8, 4) is 0 Å². The quantitative estimate of drug-likeness (QED) is 0.856. The van der Waals surface area contributed by atoms with Gasteiger partial charge in [0.15, 0.2) is 0 Å². The van der Waals surface area contributed by atoms with Crippen LogP contribution in [0.25, 0.3) is 0 Å². The lowest BCUT2D eigenvalue weighted by atomic mass is 10.0. The molecule has 1 saturated heterocycles. The predicted octanol–water partition coefficient (Wildman–Crippen LogP) is 2.29. The van der Waals surface area contributed by atoms with Crippen LogP contribution < -0.4 is 10.6 Å². The number of hydrogen-bond acceptors (Lipinski definition) is 2. The van der Waals surface area contributed by atoms with Gasteiger partial charge in [-0.1, -0.05) is 26.0 Å². The lowest BCUT2D eigenvalue weighted by Crippen LogP contribution is -2.37. The molecule has 0 aromatic heterocycles. The minimum Gasteiger partial charge on any atom is -0.350 e.